The smallest absolute Gasteiger partial charge is 0.279 e. The monoisotopic (exact) mass is 169 g/mol. The quantitative estimate of drug-likeness (QED) is 0.376. The number of unbranched alkanes of at least 4 members (excludes halogenated alkanes) is 2. The van der Waals surface area contributed by atoms with Crippen LogP contribution in [0.25, 0.3) is 0 Å². The zero-order valence-corrected chi connectivity index (χ0v) is 6.90. The Morgan fingerprint density at radius 3 is 2.75 bits per heavy atom. The van der Waals surface area contributed by atoms with Crippen molar-refractivity contribution in [2.75, 3.05) is 6.54 Å². The summed E-state index contributed by atoms with van der Waals surface area (Å²) in [5.41, 5.74) is 0. The highest BCUT2D eigenvalue weighted by Crippen LogP contribution is 1.93. The fraction of sp³-hybridized carbons (Fsp3) is 0.444. The molecule has 12 heavy (non-hydrogen) atoms. The minimum Gasteiger partial charge on any atom is -0.350 e. The van der Waals surface area contributed by atoms with Crippen LogP contribution in [-0.2, 0) is 4.79 Å². The standard InChI is InChI=1S/C9H12FNO/c1-3-4-5-6-7-11-9(12)8(2)10/h1H,2,4-7H2,(H,11,12). The molecule has 0 aromatic carbocycles. The molecule has 0 rings (SSSR count). The van der Waals surface area contributed by atoms with Crippen molar-refractivity contribution in [3.63, 3.8) is 0 Å². The predicted molar refractivity (Wildman–Crippen MR) is 45.9 cm³/mol. The minimum atomic E-state index is -0.952. The maximum Gasteiger partial charge on any atom is 0.279 e. The van der Waals surface area contributed by atoms with Gasteiger partial charge in [0.1, 0.15) is 0 Å². The van der Waals surface area contributed by atoms with Crippen molar-refractivity contribution in [2.24, 2.45) is 0 Å². The molecular weight excluding hydrogens is 157 g/mol. The van der Waals surface area contributed by atoms with Gasteiger partial charge in [0, 0.05) is 13.0 Å². The fourth-order valence-corrected chi connectivity index (χ4v) is 0.650. The molecule has 0 saturated heterocycles. The number of terminal acetylenes is 1. The van der Waals surface area contributed by atoms with E-state index in [-0.39, 0.29) is 0 Å². The van der Waals surface area contributed by atoms with Gasteiger partial charge in [-0.15, -0.1) is 12.3 Å². The van der Waals surface area contributed by atoms with Gasteiger partial charge in [0.05, 0.1) is 0 Å². The Labute approximate surface area is 71.8 Å². The van der Waals surface area contributed by atoms with Crippen LogP contribution >= 0.6 is 0 Å². The van der Waals surface area contributed by atoms with Crippen molar-refractivity contribution in [1.29, 1.82) is 0 Å². The van der Waals surface area contributed by atoms with Crippen molar-refractivity contribution in [2.45, 2.75) is 19.3 Å². The SMILES string of the molecule is C#CCCCCNC(=O)C(=C)F. The number of carbonyl (C=O) groups excluding carboxylic acids is 1. The van der Waals surface area contributed by atoms with E-state index >= 15 is 0 Å². The van der Waals surface area contributed by atoms with Gasteiger partial charge in [0.25, 0.3) is 5.91 Å². The van der Waals surface area contributed by atoms with Gasteiger partial charge in [-0.05, 0) is 12.8 Å². The van der Waals surface area contributed by atoms with Crippen LogP contribution in [-0.4, -0.2) is 12.5 Å². The highest BCUT2D eigenvalue weighted by Gasteiger charge is 2.02. The summed E-state index contributed by atoms with van der Waals surface area (Å²) >= 11 is 0. The average Bonchev–Trinajstić information content (AvgIpc) is 2.03. The molecule has 0 saturated carbocycles. The lowest BCUT2D eigenvalue weighted by atomic mass is 10.2. The summed E-state index contributed by atoms with van der Waals surface area (Å²) < 4.78 is 12.0. The van der Waals surface area contributed by atoms with Crippen LogP contribution < -0.4 is 5.32 Å². The third-order valence-electron chi connectivity index (χ3n) is 1.28. The van der Waals surface area contributed by atoms with Crippen molar-refractivity contribution in [1.82, 2.24) is 5.32 Å². The number of rotatable bonds is 5. The second-order valence-electron chi connectivity index (χ2n) is 2.32. The van der Waals surface area contributed by atoms with Crippen LogP contribution in [0.3, 0.4) is 0 Å². The molecule has 0 aromatic rings. The summed E-state index contributed by atoms with van der Waals surface area (Å²) in [6, 6.07) is 0. The second kappa shape index (κ2) is 6.41. The largest absolute Gasteiger partial charge is 0.350 e. The predicted octanol–water partition coefficient (Wildman–Crippen LogP) is 1.39. The van der Waals surface area contributed by atoms with Crippen LogP contribution in [0.5, 0.6) is 0 Å². The second-order valence-corrected chi connectivity index (χ2v) is 2.32. The summed E-state index contributed by atoms with van der Waals surface area (Å²) in [4.78, 5) is 10.5. The van der Waals surface area contributed by atoms with E-state index in [1.807, 2.05) is 0 Å². The van der Waals surface area contributed by atoms with Gasteiger partial charge in [-0.1, -0.05) is 6.58 Å². The molecule has 0 aromatic heterocycles. The first-order valence-corrected chi connectivity index (χ1v) is 3.74. The summed E-state index contributed by atoms with van der Waals surface area (Å²) in [6.45, 7) is 3.31. The Kier molecular flexibility index (Phi) is 5.72. The first-order chi connectivity index (χ1) is 5.68. The normalized spacial score (nSPS) is 8.67. The molecule has 0 aliphatic rings. The highest BCUT2D eigenvalue weighted by molar-refractivity contribution is 5.90. The van der Waals surface area contributed by atoms with Crippen LogP contribution in [0.2, 0.25) is 0 Å². The van der Waals surface area contributed by atoms with Gasteiger partial charge in [-0.2, -0.15) is 0 Å². The summed E-state index contributed by atoms with van der Waals surface area (Å²) in [5, 5.41) is 2.36. The molecule has 0 heterocycles. The van der Waals surface area contributed by atoms with E-state index in [1.54, 1.807) is 0 Å². The van der Waals surface area contributed by atoms with E-state index in [9.17, 15) is 9.18 Å². The molecule has 0 aliphatic heterocycles. The zero-order chi connectivity index (χ0) is 9.40. The summed E-state index contributed by atoms with van der Waals surface area (Å²) in [7, 11) is 0. The van der Waals surface area contributed by atoms with Gasteiger partial charge in [0.15, 0.2) is 5.83 Å². The highest BCUT2D eigenvalue weighted by atomic mass is 19.1. The minimum absolute atomic E-state index is 0.448. The molecule has 0 fully saturated rings. The number of nitrogens with one attached hydrogen (secondary N) is 1. The Bertz CT molecular complexity index is 205. The molecule has 66 valence electrons. The molecule has 0 aliphatic carbocycles. The summed E-state index contributed by atoms with van der Waals surface area (Å²) in [5.74, 6) is 0.782. The number of hydrogen-bond donors (Lipinski definition) is 1. The van der Waals surface area contributed by atoms with Gasteiger partial charge in [0.2, 0.25) is 0 Å². The average molecular weight is 169 g/mol. The summed E-state index contributed by atoms with van der Waals surface area (Å²) in [6.07, 6.45) is 7.30. The van der Waals surface area contributed by atoms with Crippen molar-refractivity contribution in [3.05, 3.63) is 12.4 Å². The zero-order valence-electron chi connectivity index (χ0n) is 6.90. The van der Waals surface area contributed by atoms with E-state index in [4.69, 9.17) is 6.42 Å². The number of amides is 1. The van der Waals surface area contributed by atoms with Gasteiger partial charge < -0.3 is 5.32 Å². The number of hydrogen-bond acceptors (Lipinski definition) is 1. The lowest BCUT2D eigenvalue weighted by Gasteiger charge is -2.00. The van der Waals surface area contributed by atoms with E-state index in [0.29, 0.717) is 13.0 Å². The lowest BCUT2D eigenvalue weighted by Crippen LogP contribution is -2.24. The van der Waals surface area contributed by atoms with Crippen molar-refractivity contribution in [3.8, 4) is 12.3 Å². The third kappa shape index (κ3) is 5.48. The Morgan fingerprint density at radius 2 is 2.25 bits per heavy atom. The van der Waals surface area contributed by atoms with Crippen molar-refractivity contribution >= 4 is 5.91 Å². The van der Waals surface area contributed by atoms with Crippen LogP contribution in [0.1, 0.15) is 19.3 Å². The number of halogens is 1. The molecule has 2 nitrogen and oxygen atoms in total. The van der Waals surface area contributed by atoms with Gasteiger partial charge in [-0.3, -0.25) is 4.79 Å². The molecule has 0 unspecified atom stereocenters. The first-order valence-electron chi connectivity index (χ1n) is 3.74. The first kappa shape index (κ1) is 10.7. The van der Waals surface area contributed by atoms with Crippen LogP contribution in [0.4, 0.5) is 4.39 Å². The molecule has 0 bridgehead atoms. The molecule has 1 N–H and O–H groups in total. The molecule has 0 atom stereocenters. The van der Waals surface area contributed by atoms with Gasteiger partial charge in [-0.25, -0.2) is 4.39 Å². The maximum atomic E-state index is 12.0. The number of carbonyl (C=O) groups is 1. The molecule has 0 spiro atoms. The van der Waals surface area contributed by atoms with Crippen LogP contribution in [0, 0.1) is 12.3 Å². The van der Waals surface area contributed by atoms with E-state index in [1.165, 1.54) is 0 Å². The molecular formula is C9H12FNO. The maximum absolute atomic E-state index is 12.0. The third-order valence-corrected chi connectivity index (χ3v) is 1.28. The Hall–Kier alpha value is -1.30. The molecule has 3 heteroatoms. The molecule has 0 radical (unpaired) electrons. The van der Waals surface area contributed by atoms with Gasteiger partial charge >= 0.3 is 0 Å². The molecule has 1 amide bonds. The Balaban J connectivity index is 3.27. The lowest BCUT2D eigenvalue weighted by molar-refractivity contribution is -0.118. The Morgan fingerprint density at radius 1 is 1.58 bits per heavy atom. The van der Waals surface area contributed by atoms with E-state index in [0.717, 1.165) is 12.8 Å². The van der Waals surface area contributed by atoms with Crippen LogP contribution in [0.15, 0.2) is 12.4 Å². The topological polar surface area (TPSA) is 29.1 Å². The van der Waals surface area contributed by atoms with E-state index < -0.39 is 11.7 Å². The fourth-order valence-electron chi connectivity index (χ4n) is 0.650. The van der Waals surface area contributed by atoms with E-state index in [2.05, 4.69) is 17.8 Å². The van der Waals surface area contributed by atoms with Crippen molar-refractivity contribution < 1.29 is 9.18 Å².